The summed E-state index contributed by atoms with van der Waals surface area (Å²) < 4.78 is 0. The lowest BCUT2D eigenvalue weighted by Gasteiger charge is -1.95. The summed E-state index contributed by atoms with van der Waals surface area (Å²) in [6, 6.07) is 0. The van der Waals surface area contributed by atoms with Crippen LogP contribution in [0.2, 0.25) is 0 Å². The third-order valence-corrected chi connectivity index (χ3v) is 1.54. The van der Waals surface area contributed by atoms with Crippen molar-refractivity contribution < 1.29 is 5.03 Å². The Labute approximate surface area is 58.3 Å². The maximum Gasteiger partial charge on any atom is 0.192 e. The molecule has 56 valence electrons. The predicted octanol–water partition coefficient (Wildman–Crippen LogP) is 0.206. The Bertz CT molecular complexity index is 178. The molecule has 5 heteroatoms. The van der Waals surface area contributed by atoms with Gasteiger partial charge in [0.2, 0.25) is 0 Å². The van der Waals surface area contributed by atoms with Gasteiger partial charge < -0.3 is 5.32 Å². The zero-order chi connectivity index (χ0) is 7.56. The number of hydrogen-bond donors (Lipinski definition) is 1. The number of hydrogen-bond acceptors (Lipinski definition) is 2. The van der Waals surface area contributed by atoms with Crippen LogP contribution in [0.15, 0.2) is 5.10 Å². The Hall–Kier alpha value is -1.13. The highest BCUT2D eigenvalue weighted by atomic mass is 16.7. The first-order valence-corrected chi connectivity index (χ1v) is 3.17. The molecular formula is C5H9N3O2. The largest absolute Gasteiger partial charge is 0.368 e. The fourth-order valence-electron chi connectivity index (χ4n) is 0.950. The first-order valence-electron chi connectivity index (χ1n) is 3.17. The number of nitrogens with one attached hydrogen (secondary N) is 1. The molecule has 0 bridgehead atoms. The van der Waals surface area contributed by atoms with E-state index < -0.39 is 5.03 Å². The highest BCUT2D eigenvalue weighted by Crippen LogP contribution is 2.08. The van der Waals surface area contributed by atoms with Crippen LogP contribution in [-0.2, 0) is 0 Å². The molecule has 1 rings (SSSR count). The van der Waals surface area contributed by atoms with Gasteiger partial charge in [-0.25, -0.2) is 10.1 Å². The van der Waals surface area contributed by atoms with Crippen LogP contribution in [0.5, 0.6) is 0 Å². The minimum absolute atomic E-state index is 0.213. The van der Waals surface area contributed by atoms with Crippen LogP contribution < -0.4 is 5.32 Å². The smallest absolute Gasteiger partial charge is 0.192 e. The monoisotopic (exact) mass is 143 g/mol. The molecule has 0 saturated carbocycles. The fourth-order valence-corrected chi connectivity index (χ4v) is 0.950. The molecular weight excluding hydrogens is 134 g/mol. The first-order chi connectivity index (χ1) is 4.70. The topological polar surface area (TPSA) is 67.5 Å². The van der Waals surface area contributed by atoms with Crippen LogP contribution >= 0.6 is 0 Å². The van der Waals surface area contributed by atoms with E-state index in [1.54, 1.807) is 0 Å². The summed E-state index contributed by atoms with van der Waals surface area (Å²) in [6.07, 6.45) is 0.937. The standard InChI is InChI=1S/C5H9N3O2/c1-4-2-3-6-5(4)7-8(9)10/h4H,2-3H2,1H3,(H,6,7). The fraction of sp³-hybridized carbons (Fsp3) is 0.800. The van der Waals surface area contributed by atoms with E-state index in [-0.39, 0.29) is 5.92 Å². The molecule has 0 amide bonds. The van der Waals surface area contributed by atoms with E-state index in [1.807, 2.05) is 6.92 Å². The molecule has 1 atom stereocenters. The molecule has 0 aromatic heterocycles. The third-order valence-electron chi connectivity index (χ3n) is 1.54. The Morgan fingerprint density at radius 1 is 1.90 bits per heavy atom. The number of amidine groups is 1. The summed E-state index contributed by atoms with van der Waals surface area (Å²) in [7, 11) is 0. The van der Waals surface area contributed by atoms with E-state index in [0.717, 1.165) is 13.0 Å². The normalized spacial score (nSPS) is 28.5. The summed E-state index contributed by atoms with van der Waals surface area (Å²) >= 11 is 0. The van der Waals surface area contributed by atoms with Gasteiger partial charge in [-0.15, -0.1) is 0 Å². The second-order valence-corrected chi connectivity index (χ2v) is 2.34. The van der Waals surface area contributed by atoms with Crippen LogP contribution in [0.4, 0.5) is 0 Å². The molecule has 10 heavy (non-hydrogen) atoms. The molecule has 1 saturated heterocycles. The average molecular weight is 143 g/mol. The van der Waals surface area contributed by atoms with Crippen molar-refractivity contribution in [3.05, 3.63) is 10.1 Å². The van der Waals surface area contributed by atoms with Crippen LogP contribution in [0.1, 0.15) is 13.3 Å². The van der Waals surface area contributed by atoms with Gasteiger partial charge in [0.1, 0.15) is 0 Å². The Balaban J connectivity index is 2.62. The van der Waals surface area contributed by atoms with Crippen molar-refractivity contribution in [3.8, 4) is 0 Å². The Morgan fingerprint density at radius 3 is 3.00 bits per heavy atom. The summed E-state index contributed by atoms with van der Waals surface area (Å²) in [4.78, 5) is 9.88. The highest BCUT2D eigenvalue weighted by Gasteiger charge is 2.20. The van der Waals surface area contributed by atoms with Crippen LogP contribution in [0.3, 0.4) is 0 Å². The summed E-state index contributed by atoms with van der Waals surface area (Å²) in [5, 5.41) is 15.2. The number of hydrazone groups is 1. The third kappa shape index (κ3) is 1.43. The molecule has 1 aliphatic rings. The second-order valence-electron chi connectivity index (χ2n) is 2.34. The van der Waals surface area contributed by atoms with E-state index in [4.69, 9.17) is 0 Å². The number of nitrogens with zero attached hydrogens (tertiary/aromatic N) is 2. The minimum Gasteiger partial charge on any atom is -0.368 e. The molecule has 1 aliphatic heterocycles. The van der Waals surface area contributed by atoms with Gasteiger partial charge in [-0.05, 0) is 6.42 Å². The number of nitro groups is 1. The Kier molecular flexibility index (Phi) is 1.84. The van der Waals surface area contributed by atoms with Crippen molar-refractivity contribution in [3.63, 3.8) is 0 Å². The summed E-state index contributed by atoms with van der Waals surface area (Å²) in [5.41, 5.74) is 0. The molecule has 1 heterocycles. The van der Waals surface area contributed by atoms with Crippen molar-refractivity contribution >= 4 is 5.84 Å². The van der Waals surface area contributed by atoms with Crippen LogP contribution in [0.25, 0.3) is 0 Å². The van der Waals surface area contributed by atoms with Crippen molar-refractivity contribution in [1.82, 2.24) is 5.32 Å². The number of rotatable bonds is 1. The van der Waals surface area contributed by atoms with Crippen molar-refractivity contribution in [1.29, 1.82) is 0 Å². The summed E-state index contributed by atoms with van der Waals surface area (Å²) in [5.74, 6) is 0.718. The average Bonchev–Trinajstić information content (AvgIpc) is 2.15. The van der Waals surface area contributed by atoms with Gasteiger partial charge in [-0.2, -0.15) is 0 Å². The summed E-state index contributed by atoms with van der Waals surface area (Å²) in [6.45, 7) is 2.72. The molecule has 1 unspecified atom stereocenters. The minimum atomic E-state index is -0.663. The molecule has 5 nitrogen and oxygen atoms in total. The van der Waals surface area contributed by atoms with Gasteiger partial charge >= 0.3 is 0 Å². The quantitative estimate of drug-likeness (QED) is 0.421. The zero-order valence-corrected chi connectivity index (χ0v) is 5.70. The molecule has 0 aromatic rings. The second kappa shape index (κ2) is 2.64. The molecule has 0 aliphatic carbocycles. The first kappa shape index (κ1) is 6.98. The van der Waals surface area contributed by atoms with E-state index >= 15 is 0 Å². The SMILES string of the molecule is CC1CCN/C1=N\[N+](=O)[O-]. The van der Waals surface area contributed by atoms with Gasteiger partial charge in [-0.3, -0.25) is 0 Å². The lowest BCUT2D eigenvalue weighted by atomic mass is 10.1. The van der Waals surface area contributed by atoms with Crippen molar-refractivity contribution in [2.45, 2.75) is 13.3 Å². The molecule has 0 radical (unpaired) electrons. The maximum absolute atomic E-state index is 9.88. The zero-order valence-electron chi connectivity index (χ0n) is 5.70. The van der Waals surface area contributed by atoms with Crippen molar-refractivity contribution in [2.75, 3.05) is 6.54 Å². The van der Waals surface area contributed by atoms with Gasteiger partial charge in [0.15, 0.2) is 10.9 Å². The van der Waals surface area contributed by atoms with Gasteiger partial charge in [0.05, 0.1) is 5.10 Å². The molecule has 1 fully saturated rings. The predicted molar refractivity (Wildman–Crippen MR) is 36.2 cm³/mol. The van der Waals surface area contributed by atoms with E-state index in [0.29, 0.717) is 5.84 Å². The molecule has 0 aromatic carbocycles. The Morgan fingerprint density at radius 2 is 2.60 bits per heavy atom. The van der Waals surface area contributed by atoms with Gasteiger partial charge in [0, 0.05) is 12.5 Å². The van der Waals surface area contributed by atoms with Gasteiger partial charge in [0.25, 0.3) is 0 Å². The lowest BCUT2D eigenvalue weighted by Crippen LogP contribution is -2.19. The van der Waals surface area contributed by atoms with Crippen molar-refractivity contribution in [2.24, 2.45) is 11.0 Å². The van der Waals surface area contributed by atoms with E-state index in [9.17, 15) is 10.1 Å². The van der Waals surface area contributed by atoms with Crippen LogP contribution in [0, 0.1) is 16.0 Å². The molecule has 1 N–H and O–H groups in total. The van der Waals surface area contributed by atoms with Crippen LogP contribution in [-0.4, -0.2) is 17.4 Å². The maximum atomic E-state index is 9.88. The van der Waals surface area contributed by atoms with E-state index in [2.05, 4.69) is 10.4 Å². The highest BCUT2D eigenvalue weighted by molar-refractivity contribution is 5.85. The lowest BCUT2D eigenvalue weighted by molar-refractivity contribution is -0.485. The molecule has 0 spiro atoms. The van der Waals surface area contributed by atoms with E-state index in [1.165, 1.54) is 0 Å². The van der Waals surface area contributed by atoms with Gasteiger partial charge in [-0.1, -0.05) is 6.92 Å².